The predicted octanol–water partition coefficient (Wildman–Crippen LogP) is 0.376. The lowest BCUT2D eigenvalue weighted by Gasteiger charge is -1.95. The van der Waals surface area contributed by atoms with Crippen LogP contribution in [0.4, 0.5) is 0 Å². The predicted molar refractivity (Wildman–Crippen MR) is 56.1 cm³/mol. The van der Waals surface area contributed by atoms with E-state index in [1.165, 1.54) is 0 Å². The van der Waals surface area contributed by atoms with Crippen molar-refractivity contribution in [3.05, 3.63) is 34.9 Å². The Morgan fingerprint density at radius 1 is 1.43 bits per heavy atom. The summed E-state index contributed by atoms with van der Waals surface area (Å²) in [6.45, 7) is 0.472. The van der Waals surface area contributed by atoms with Crippen LogP contribution >= 0.6 is 11.6 Å². The van der Waals surface area contributed by atoms with Crippen LogP contribution in [0.25, 0.3) is 0 Å². The number of hydrogen-bond donors (Lipinski definition) is 3. The van der Waals surface area contributed by atoms with E-state index in [0.29, 0.717) is 17.1 Å². The molecule has 0 bridgehead atoms. The number of primary amides is 1. The van der Waals surface area contributed by atoms with Crippen molar-refractivity contribution in [3.63, 3.8) is 0 Å². The minimum Gasteiger partial charge on any atom is -0.395 e. The van der Waals surface area contributed by atoms with E-state index in [1.807, 2.05) is 0 Å². The molecule has 5 N–H and O–H groups in total. The Morgan fingerprint density at radius 2 is 1.93 bits per heavy atom. The van der Waals surface area contributed by atoms with Gasteiger partial charge in [0.25, 0.3) is 0 Å². The first kappa shape index (κ1) is 12.9. The molecule has 1 aromatic carbocycles. The Kier molecular flexibility index (Phi) is 6.74. The highest BCUT2D eigenvalue weighted by Gasteiger charge is 2.02. The molecule has 78 valence electrons. The van der Waals surface area contributed by atoms with Gasteiger partial charge in [-0.25, -0.2) is 0 Å². The first-order valence-corrected chi connectivity index (χ1v) is 4.36. The van der Waals surface area contributed by atoms with Crippen molar-refractivity contribution < 1.29 is 9.90 Å². The van der Waals surface area contributed by atoms with Crippen LogP contribution in [0.3, 0.4) is 0 Å². The lowest BCUT2D eigenvalue weighted by atomic mass is 10.2. The van der Waals surface area contributed by atoms with E-state index in [0.717, 1.165) is 0 Å². The van der Waals surface area contributed by atoms with Gasteiger partial charge in [-0.1, -0.05) is 23.7 Å². The second-order valence-corrected chi connectivity index (χ2v) is 2.76. The molecule has 0 fully saturated rings. The van der Waals surface area contributed by atoms with Gasteiger partial charge in [-0.05, 0) is 12.1 Å². The SMILES string of the molecule is NC(=O)c1ccccc1Cl.NCCO. The van der Waals surface area contributed by atoms with Gasteiger partial charge in [0.05, 0.1) is 17.2 Å². The molecule has 4 nitrogen and oxygen atoms in total. The van der Waals surface area contributed by atoms with E-state index in [-0.39, 0.29) is 6.61 Å². The third-order valence-corrected chi connectivity index (χ3v) is 1.60. The van der Waals surface area contributed by atoms with Crippen LogP contribution in [0.1, 0.15) is 10.4 Å². The molecule has 0 heterocycles. The van der Waals surface area contributed by atoms with Gasteiger partial charge in [-0.15, -0.1) is 0 Å². The summed E-state index contributed by atoms with van der Waals surface area (Å²) in [6.07, 6.45) is 0. The summed E-state index contributed by atoms with van der Waals surface area (Å²) in [7, 11) is 0. The van der Waals surface area contributed by atoms with Gasteiger partial charge in [-0.2, -0.15) is 0 Å². The second-order valence-electron chi connectivity index (χ2n) is 2.36. The fourth-order valence-corrected chi connectivity index (χ4v) is 0.890. The Bertz CT molecular complexity index is 290. The summed E-state index contributed by atoms with van der Waals surface area (Å²) in [5.74, 6) is -0.495. The summed E-state index contributed by atoms with van der Waals surface area (Å²) in [5, 5.41) is 8.15. The molecular weight excluding hydrogens is 204 g/mol. The standard InChI is InChI=1S/C7H6ClNO.C2H7NO/c8-6-4-2-1-3-5(6)7(9)10;3-1-2-4/h1-4H,(H2,9,10);4H,1-3H2. The van der Waals surface area contributed by atoms with Crippen LogP contribution in [0.15, 0.2) is 24.3 Å². The molecule has 0 unspecified atom stereocenters. The number of carbonyl (C=O) groups is 1. The number of halogens is 1. The van der Waals surface area contributed by atoms with E-state index in [9.17, 15) is 4.79 Å². The van der Waals surface area contributed by atoms with Crippen LogP contribution in [-0.4, -0.2) is 24.2 Å². The maximum absolute atomic E-state index is 10.6. The highest BCUT2D eigenvalue weighted by Crippen LogP contribution is 2.13. The van der Waals surface area contributed by atoms with Crippen molar-refractivity contribution in [3.8, 4) is 0 Å². The summed E-state index contributed by atoms with van der Waals surface area (Å²) in [5.41, 5.74) is 10.1. The monoisotopic (exact) mass is 216 g/mol. The van der Waals surface area contributed by atoms with Crippen molar-refractivity contribution >= 4 is 17.5 Å². The van der Waals surface area contributed by atoms with Gasteiger partial charge >= 0.3 is 0 Å². The minimum absolute atomic E-state index is 0.0972. The summed E-state index contributed by atoms with van der Waals surface area (Å²) in [6, 6.07) is 6.67. The van der Waals surface area contributed by atoms with Crippen molar-refractivity contribution in [2.24, 2.45) is 11.5 Å². The van der Waals surface area contributed by atoms with Crippen LogP contribution < -0.4 is 11.5 Å². The van der Waals surface area contributed by atoms with Crippen LogP contribution in [0.2, 0.25) is 5.02 Å². The number of carbonyl (C=O) groups excluding carboxylic acids is 1. The van der Waals surface area contributed by atoms with Crippen LogP contribution in [0, 0.1) is 0 Å². The molecule has 0 aliphatic carbocycles. The number of nitrogens with two attached hydrogens (primary N) is 2. The fraction of sp³-hybridized carbons (Fsp3) is 0.222. The normalized spacial score (nSPS) is 8.79. The Hall–Kier alpha value is -1.10. The van der Waals surface area contributed by atoms with E-state index in [2.05, 4.69) is 0 Å². The first-order valence-electron chi connectivity index (χ1n) is 3.98. The molecule has 1 rings (SSSR count). The van der Waals surface area contributed by atoms with E-state index >= 15 is 0 Å². The van der Waals surface area contributed by atoms with Crippen molar-refractivity contribution in [2.75, 3.05) is 13.2 Å². The van der Waals surface area contributed by atoms with E-state index in [4.69, 9.17) is 28.2 Å². The van der Waals surface area contributed by atoms with Crippen molar-refractivity contribution in [2.45, 2.75) is 0 Å². The number of aliphatic hydroxyl groups is 1. The third-order valence-electron chi connectivity index (χ3n) is 1.27. The molecule has 0 radical (unpaired) electrons. The van der Waals surface area contributed by atoms with Gasteiger partial charge < -0.3 is 16.6 Å². The first-order chi connectivity index (χ1) is 6.63. The van der Waals surface area contributed by atoms with E-state index < -0.39 is 5.91 Å². The van der Waals surface area contributed by atoms with Crippen molar-refractivity contribution in [1.29, 1.82) is 0 Å². The lowest BCUT2D eigenvalue weighted by molar-refractivity contribution is 0.100. The number of rotatable bonds is 2. The molecule has 0 aromatic heterocycles. The molecule has 0 aliphatic heterocycles. The quantitative estimate of drug-likeness (QED) is 0.668. The molecule has 1 aromatic rings. The van der Waals surface area contributed by atoms with E-state index in [1.54, 1.807) is 24.3 Å². The Balaban J connectivity index is 0.000000364. The van der Waals surface area contributed by atoms with Crippen LogP contribution in [0.5, 0.6) is 0 Å². The van der Waals surface area contributed by atoms with Crippen molar-refractivity contribution in [1.82, 2.24) is 0 Å². The minimum atomic E-state index is -0.495. The molecule has 0 spiro atoms. The van der Waals surface area contributed by atoms with Gasteiger partial charge in [0.1, 0.15) is 0 Å². The fourth-order valence-electron chi connectivity index (χ4n) is 0.661. The highest BCUT2D eigenvalue weighted by atomic mass is 35.5. The zero-order chi connectivity index (χ0) is 11.0. The maximum atomic E-state index is 10.6. The molecule has 14 heavy (non-hydrogen) atoms. The van der Waals surface area contributed by atoms with Gasteiger partial charge in [0.2, 0.25) is 5.91 Å². The largest absolute Gasteiger partial charge is 0.395 e. The second kappa shape index (κ2) is 7.32. The molecule has 1 amide bonds. The third kappa shape index (κ3) is 4.81. The smallest absolute Gasteiger partial charge is 0.250 e. The number of benzene rings is 1. The molecule has 0 atom stereocenters. The van der Waals surface area contributed by atoms with Gasteiger partial charge in [-0.3, -0.25) is 4.79 Å². The summed E-state index contributed by atoms with van der Waals surface area (Å²) in [4.78, 5) is 10.6. The topological polar surface area (TPSA) is 89.3 Å². The maximum Gasteiger partial charge on any atom is 0.250 e. The highest BCUT2D eigenvalue weighted by molar-refractivity contribution is 6.33. The van der Waals surface area contributed by atoms with Gasteiger partial charge in [0, 0.05) is 6.54 Å². The zero-order valence-electron chi connectivity index (χ0n) is 7.61. The summed E-state index contributed by atoms with van der Waals surface area (Å²) >= 11 is 5.62. The Morgan fingerprint density at radius 3 is 2.21 bits per heavy atom. The van der Waals surface area contributed by atoms with Gasteiger partial charge in [0.15, 0.2) is 0 Å². The molecule has 0 saturated heterocycles. The number of hydrogen-bond acceptors (Lipinski definition) is 3. The van der Waals surface area contributed by atoms with Crippen LogP contribution in [-0.2, 0) is 0 Å². The molecule has 5 heteroatoms. The average Bonchev–Trinajstić information content (AvgIpc) is 2.18. The lowest BCUT2D eigenvalue weighted by Crippen LogP contribution is -2.10. The summed E-state index contributed by atoms with van der Waals surface area (Å²) < 4.78 is 0. The zero-order valence-corrected chi connectivity index (χ0v) is 8.37. The molecule has 0 saturated carbocycles. The number of amides is 1. The average molecular weight is 217 g/mol. The number of aliphatic hydroxyl groups excluding tert-OH is 1. The molecular formula is C9H13ClN2O2. The Labute approximate surface area is 87.5 Å². The molecule has 0 aliphatic rings.